The van der Waals surface area contributed by atoms with E-state index in [9.17, 15) is 10.1 Å². The summed E-state index contributed by atoms with van der Waals surface area (Å²) in [6.45, 7) is 5.51. The van der Waals surface area contributed by atoms with Crippen molar-refractivity contribution in [3.63, 3.8) is 0 Å². The first-order chi connectivity index (χ1) is 16.9. The topological polar surface area (TPSA) is 102 Å². The Balaban J connectivity index is 1.24. The summed E-state index contributed by atoms with van der Waals surface area (Å²) in [4.78, 5) is 17.3. The fourth-order valence-corrected chi connectivity index (χ4v) is 4.82. The lowest BCUT2D eigenvalue weighted by atomic mass is 9.70. The van der Waals surface area contributed by atoms with Crippen LogP contribution in [0.1, 0.15) is 67.1 Å². The van der Waals surface area contributed by atoms with Gasteiger partial charge in [0, 0.05) is 19.0 Å². The third-order valence-electron chi connectivity index (χ3n) is 7.07. The summed E-state index contributed by atoms with van der Waals surface area (Å²) in [6, 6.07) is 14.2. The SMILES string of the molecule is CC(C)c1ccc(-n2cc(C(=O)Nc3ccc(C4(C#N)CCC5(CC4)OCCO5)nc3)cn2)cc1. The normalized spacial score (nSPS) is 18.5. The maximum Gasteiger partial charge on any atom is 0.258 e. The van der Waals surface area contributed by atoms with Crippen LogP contribution in [-0.4, -0.2) is 39.7 Å². The van der Waals surface area contributed by atoms with Crippen molar-refractivity contribution in [2.24, 2.45) is 0 Å². The van der Waals surface area contributed by atoms with E-state index < -0.39 is 11.2 Å². The van der Waals surface area contributed by atoms with Crippen molar-refractivity contribution in [3.05, 3.63) is 71.8 Å². The van der Waals surface area contributed by atoms with Gasteiger partial charge < -0.3 is 14.8 Å². The van der Waals surface area contributed by atoms with Crippen LogP contribution in [-0.2, 0) is 14.9 Å². The fraction of sp³-hybridized carbons (Fsp3) is 0.407. The Morgan fingerprint density at radius 2 is 1.77 bits per heavy atom. The molecule has 1 saturated heterocycles. The molecule has 1 amide bonds. The van der Waals surface area contributed by atoms with Crippen molar-refractivity contribution < 1.29 is 14.3 Å². The number of anilines is 1. The number of hydrogen-bond acceptors (Lipinski definition) is 6. The number of nitrogens with zero attached hydrogens (tertiary/aromatic N) is 4. The largest absolute Gasteiger partial charge is 0.348 e. The number of nitriles is 1. The Morgan fingerprint density at radius 1 is 1.06 bits per heavy atom. The van der Waals surface area contributed by atoms with Gasteiger partial charge in [-0.1, -0.05) is 26.0 Å². The third kappa shape index (κ3) is 4.57. The van der Waals surface area contributed by atoms with Gasteiger partial charge in [-0.05, 0) is 48.6 Å². The number of carbonyl (C=O) groups is 1. The van der Waals surface area contributed by atoms with E-state index in [1.54, 1.807) is 29.3 Å². The van der Waals surface area contributed by atoms with Crippen molar-refractivity contribution in [3.8, 4) is 11.8 Å². The van der Waals surface area contributed by atoms with Crippen molar-refractivity contribution in [1.29, 1.82) is 5.26 Å². The van der Waals surface area contributed by atoms with Crippen LogP contribution in [0.2, 0.25) is 0 Å². The molecule has 8 nitrogen and oxygen atoms in total. The molecule has 1 spiro atoms. The van der Waals surface area contributed by atoms with Crippen LogP contribution in [0.3, 0.4) is 0 Å². The molecule has 2 aromatic heterocycles. The molecule has 3 aromatic rings. The van der Waals surface area contributed by atoms with Crippen LogP contribution < -0.4 is 5.32 Å². The summed E-state index contributed by atoms with van der Waals surface area (Å²) in [6.07, 6.45) is 7.45. The van der Waals surface area contributed by atoms with Crippen molar-refractivity contribution >= 4 is 11.6 Å². The summed E-state index contributed by atoms with van der Waals surface area (Å²) >= 11 is 0. The summed E-state index contributed by atoms with van der Waals surface area (Å²) in [5.41, 5.74) is 3.20. The molecular weight excluding hydrogens is 442 g/mol. The number of ether oxygens (including phenoxy) is 2. The predicted octanol–water partition coefficient (Wildman–Crippen LogP) is 4.72. The number of benzene rings is 1. The first kappa shape index (κ1) is 23.2. The van der Waals surface area contributed by atoms with Crippen LogP contribution in [0.4, 0.5) is 5.69 Å². The van der Waals surface area contributed by atoms with Crippen LogP contribution >= 0.6 is 0 Å². The molecule has 1 aliphatic heterocycles. The highest BCUT2D eigenvalue weighted by molar-refractivity contribution is 6.03. The van der Waals surface area contributed by atoms with E-state index in [0.717, 1.165) is 5.69 Å². The number of amides is 1. The highest BCUT2D eigenvalue weighted by atomic mass is 16.7. The molecule has 0 bridgehead atoms. The van der Waals surface area contributed by atoms with Crippen molar-refractivity contribution in [2.75, 3.05) is 18.5 Å². The van der Waals surface area contributed by atoms with Crippen LogP contribution in [0.5, 0.6) is 0 Å². The Hall–Kier alpha value is -3.54. The summed E-state index contributed by atoms with van der Waals surface area (Å²) < 4.78 is 13.3. The van der Waals surface area contributed by atoms with E-state index in [2.05, 4.69) is 47.4 Å². The van der Waals surface area contributed by atoms with E-state index >= 15 is 0 Å². The zero-order valence-corrected chi connectivity index (χ0v) is 20.0. The van der Waals surface area contributed by atoms with E-state index in [1.165, 1.54) is 5.56 Å². The molecule has 1 N–H and O–H groups in total. The van der Waals surface area contributed by atoms with Gasteiger partial charge >= 0.3 is 0 Å². The molecule has 2 fully saturated rings. The van der Waals surface area contributed by atoms with Gasteiger partial charge in [0.25, 0.3) is 5.91 Å². The van der Waals surface area contributed by atoms with E-state index in [-0.39, 0.29) is 5.91 Å². The maximum absolute atomic E-state index is 12.8. The molecule has 1 saturated carbocycles. The molecule has 1 aliphatic carbocycles. The highest BCUT2D eigenvalue weighted by Gasteiger charge is 2.48. The van der Waals surface area contributed by atoms with Crippen LogP contribution in [0, 0.1) is 11.3 Å². The van der Waals surface area contributed by atoms with Gasteiger partial charge in [0.05, 0.1) is 59.7 Å². The van der Waals surface area contributed by atoms with Crippen LogP contribution in [0.15, 0.2) is 55.0 Å². The van der Waals surface area contributed by atoms with Gasteiger partial charge in [0.1, 0.15) is 0 Å². The summed E-state index contributed by atoms with van der Waals surface area (Å²) in [7, 11) is 0. The van der Waals surface area contributed by atoms with Gasteiger partial charge in [-0.15, -0.1) is 0 Å². The Kier molecular flexibility index (Phi) is 6.13. The first-order valence-corrected chi connectivity index (χ1v) is 12.0. The molecule has 8 heteroatoms. The fourth-order valence-electron chi connectivity index (χ4n) is 4.82. The molecular formula is C27H29N5O3. The van der Waals surface area contributed by atoms with Gasteiger partial charge in [-0.3, -0.25) is 9.78 Å². The molecule has 180 valence electrons. The lowest BCUT2D eigenvalue weighted by Crippen LogP contribution is -2.41. The molecule has 0 radical (unpaired) electrons. The van der Waals surface area contributed by atoms with Gasteiger partial charge in [-0.2, -0.15) is 10.4 Å². The minimum absolute atomic E-state index is 0.269. The molecule has 3 heterocycles. The Labute approximate surface area is 204 Å². The smallest absolute Gasteiger partial charge is 0.258 e. The summed E-state index contributed by atoms with van der Waals surface area (Å²) in [5.74, 6) is -0.347. The molecule has 0 atom stereocenters. The average molecular weight is 472 g/mol. The van der Waals surface area contributed by atoms with E-state index in [0.29, 0.717) is 61.8 Å². The number of rotatable bonds is 5. The Morgan fingerprint density at radius 3 is 2.37 bits per heavy atom. The van der Waals surface area contributed by atoms with Crippen LogP contribution in [0.25, 0.3) is 5.69 Å². The summed E-state index contributed by atoms with van der Waals surface area (Å²) in [5, 5.41) is 17.2. The van der Waals surface area contributed by atoms with Gasteiger partial charge in [0.15, 0.2) is 5.79 Å². The molecule has 35 heavy (non-hydrogen) atoms. The quantitative estimate of drug-likeness (QED) is 0.578. The predicted molar refractivity (Wildman–Crippen MR) is 130 cm³/mol. The number of carbonyl (C=O) groups excluding carboxylic acids is 1. The molecule has 1 aromatic carbocycles. The lowest BCUT2D eigenvalue weighted by molar-refractivity contribution is -0.182. The lowest BCUT2D eigenvalue weighted by Gasteiger charge is -2.39. The third-order valence-corrected chi connectivity index (χ3v) is 7.07. The molecule has 0 unspecified atom stereocenters. The minimum atomic E-state index is -0.671. The number of pyridine rings is 1. The number of nitrogens with one attached hydrogen (secondary N) is 1. The highest BCUT2D eigenvalue weighted by Crippen LogP contribution is 2.45. The number of hydrogen-bond donors (Lipinski definition) is 1. The first-order valence-electron chi connectivity index (χ1n) is 12.0. The zero-order valence-electron chi connectivity index (χ0n) is 20.0. The van der Waals surface area contributed by atoms with Crippen molar-refractivity contribution in [2.45, 2.75) is 56.7 Å². The average Bonchev–Trinajstić information content (AvgIpc) is 3.56. The maximum atomic E-state index is 12.8. The minimum Gasteiger partial charge on any atom is -0.348 e. The zero-order chi connectivity index (χ0) is 24.5. The standard InChI is InChI=1S/C27H29N5O3/c1-19(2)20-3-6-23(7-4-20)32-17-21(15-30-32)25(33)31-22-5-8-24(29-16-22)26(18-28)9-11-27(12-10-26)34-13-14-35-27/h3-8,15-17,19H,9-14H2,1-2H3,(H,31,33). The molecule has 5 rings (SSSR count). The van der Waals surface area contributed by atoms with Crippen molar-refractivity contribution in [1.82, 2.24) is 14.8 Å². The number of aromatic nitrogens is 3. The van der Waals surface area contributed by atoms with Gasteiger partial charge in [-0.25, -0.2) is 4.68 Å². The molecule has 2 aliphatic rings. The van der Waals surface area contributed by atoms with E-state index in [1.807, 2.05) is 18.2 Å². The second kappa shape index (κ2) is 9.25. The Bertz CT molecular complexity index is 1230. The van der Waals surface area contributed by atoms with Gasteiger partial charge in [0.2, 0.25) is 0 Å². The second-order valence-corrected chi connectivity index (χ2v) is 9.61. The van der Waals surface area contributed by atoms with E-state index in [4.69, 9.17) is 9.47 Å². The second-order valence-electron chi connectivity index (χ2n) is 9.61. The monoisotopic (exact) mass is 471 g/mol.